The Labute approximate surface area is 526 Å². The molecule has 3 unspecified atom stereocenters. The van der Waals surface area contributed by atoms with Gasteiger partial charge in [-0.3, -0.25) is 19.2 Å². The molecule has 3 atom stereocenters. The number of alkyl halides is 1. The number of hydrogen-bond acceptors (Lipinski definition) is 8. The molecule has 0 amide bonds. The number of rotatable bonds is 49. The molecule has 2 N–H and O–H groups in total. The van der Waals surface area contributed by atoms with Crippen LogP contribution in [-0.4, -0.2) is 51.9 Å². The van der Waals surface area contributed by atoms with Gasteiger partial charge in [0.2, 0.25) is 23.1 Å². The molecule has 0 radical (unpaired) electrons. The maximum absolute atomic E-state index is 13.1. The maximum Gasteiger partial charge on any atom is 0.233 e. The van der Waals surface area contributed by atoms with Crippen molar-refractivity contribution in [2.45, 2.75) is 273 Å². The summed E-state index contributed by atoms with van der Waals surface area (Å²) in [5.74, 6) is 1.36. The van der Waals surface area contributed by atoms with Crippen molar-refractivity contribution in [2.24, 2.45) is 17.8 Å². The number of carbonyl (C=O) groups is 4. The number of hydrogen-bond donors (Lipinski definition) is 2. The highest BCUT2D eigenvalue weighted by Crippen LogP contribution is 2.26. The summed E-state index contributed by atoms with van der Waals surface area (Å²) in [6.45, 7) is 15.0. The number of phenolic OH excluding ortho intramolecular Hbond substituents is 2. The Bertz CT molecular complexity index is 2110. The second-order valence-electron chi connectivity index (χ2n) is 24.1. The van der Waals surface area contributed by atoms with E-state index in [0.29, 0.717) is 36.2 Å². The normalized spacial score (nSPS) is 12.0. The number of halogens is 1. The van der Waals surface area contributed by atoms with E-state index in [1.165, 1.54) is 285 Å². The topological polar surface area (TPSA) is 127 Å². The predicted octanol–water partition coefficient (Wildman–Crippen LogP) is 23.1. The monoisotopic (exact) mass is 1240 g/mol. The molecular formula is C76H117BrO8. The fraction of sp³-hybridized carbons (Fsp3) is 0.632. The first-order valence-corrected chi connectivity index (χ1v) is 35.3. The van der Waals surface area contributed by atoms with Gasteiger partial charge in [0.1, 0.15) is 23.0 Å². The van der Waals surface area contributed by atoms with Crippen LogP contribution in [0.5, 0.6) is 23.0 Å². The average Bonchev–Trinajstić information content (AvgIpc) is 3.73. The number of phenols is 2. The van der Waals surface area contributed by atoms with E-state index in [2.05, 4.69) is 57.5 Å². The van der Waals surface area contributed by atoms with Crippen LogP contribution in [0.3, 0.4) is 0 Å². The van der Waals surface area contributed by atoms with Crippen molar-refractivity contribution in [3.63, 3.8) is 0 Å². The quantitative estimate of drug-likeness (QED) is 0.0194. The van der Waals surface area contributed by atoms with Crippen LogP contribution in [0.15, 0.2) is 97.1 Å². The molecule has 0 heterocycles. The van der Waals surface area contributed by atoms with Crippen LogP contribution in [0, 0.1) is 17.8 Å². The minimum Gasteiger partial charge on any atom is -0.508 e. The first-order chi connectivity index (χ1) is 41.4. The van der Waals surface area contributed by atoms with Crippen LogP contribution in [0.4, 0.5) is 0 Å². The molecule has 4 aromatic carbocycles. The molecule has 0 saturated carbocycles. The predicted molar refractivity (Wildman–Crippen MR) is 362 cm³/mol. The van der Waals surface area contributed by atoms with Gasteiger partial charge >= 0.3 is 0 Å². The molecule has 476 valence electrons. The lowest BCUT2D eigenvalue weighted by Crippen LogP contribution is -2.15. The molecule has 0 aliphatic heterocycles. The zero-order chi connectivity index (χ0) is 62.0. The average molecular weight is 1240 g/mol. The molecule has 8 nitrogen and oxygen atoms in total. The molecule has 0 saturated heterocycles. The second kappa shape index (κ2) is 51.3. The van der Waals surface area contributed by atoms with Gasteiger partial charge in [-0.1, -0.05) is 250 Å². The summed E-state index contributed by atoms with van der Waals surface area (Å²) in [5, 5.41) is 19.4. The van der Waals surface area contributed by atoms with Crippen molar-refractivity contribution in [1.29, 1.82) is 0 Å². The second-order valence-corrected chi connectivity index (χ2v) is 24.7. The Balaban J connectivity index is 0.000000566. The van der Waals surface area contributed by atoms with Gasteiger partial charge in [0.25, 0.3) is 0 Å². The molecule has 0 aliphatic carbocycles. The summed E-state index contributed by atoms with van der Waals surface area (Å²) in [7, 11) is 0. The van der Waals surface area contributed by atoms with E-state index in [-0.39, 0.29) is 22.6 Å². The number of ether oxygens (including phenoxy) is 2. The maximum atomic E-state index is 13.1. The molecule has 0 spiro atoms. The van der Waals surface area contributed by atoms with E-state index < -0.39 is 23.1 Å². The van der Waals surface area contributed by atoms with Crippen molar-refractivity contribution in [3.05, 3.63) is 119 Å². The van der Waals surface area contributed by atoms with Gasteiger partial charge in [0.05, 0.1) is 13.2 Å². The van der Waals surface area contributed by atoms with Crippen molar-refractivity contribution in [2.75, 3.05) is 18.5 Å². The minimum absolute atomic E-state index is 0.0311. The molecule has 0 bridgehead atoms. The fourth-order valence-electron chi connectivity index (χ4n) is 10.7. The lowest BCUT2D eigenvalue weighted by atomic mass is 9.95. The number of aromatic hydroxyl groups is 2. The van der Waals surface area contributed by atoms with Gasteiger partial charge in [-0.25, -0.2) is 0 Å². The molecule has 9 heteroatoms. The lowest BCUT2D eigenvalue weighted by Gasteiger charge is -2.18. The van der Waals surface area contributed by atoms with Gasteiger partial charge in [-0.15, -0.1) is 0 Å². The first-order valence-electron chi connectivity index (χ1n) is 34.2. The fourth-order valence-corrected chi connectivity index (χ4v) is 11.4. The van der Waals surface area contributed by atoms with Gasteiger partial charge in [0, 0.05) is 27.6 Å². The van der Waals surface area contributed by atoms with E-state index in [0.717, 1.165) is 17.4 Å². The summed E-state index contributed by atoms with van der Waals surface area (Å²) >= 11 is 3.68. The van der Waals surface area contributed by atoms with Gasteiger partial charge in [0.15, 0.2) is 0 Å². The Morgan fingerprint density at radius 2 is 0.506 bits per heavy atom. The van der Waals surface area contributed by atoms with E-state index >= 15 is 0 Å². The van der Waals surface area contributed by atoms with E-state index in [1.807, 2.05) is 24.3 Å². The molecule has 4 aromatic rings. The summed E-state index contributed by atoms with van der Waals surface area (Å²) < 4.78 is 12.4. The third-order valence-electron chi connectivity index (χ3n) is 16.4. The molecule has 0 aromatic heterocycles. The van der Waals surface area contributed by atoms with Gasteiger partial charge in [-0.05, 0) is 153 Å². The molecule has 0 aliphatic rings. The van der Waals surface area contributed by atoms with Crippen LogP contribution in [0.25, 0.3) is 0 Å². The smallest absolute Gasteiger partial charge is 0.233 e. The summed E-state index contributed by atoms with van der Waals surface area (Å²) in [6.07, 6.45) is 48.0. The number of Topliss-reactive ketones (excluding diaryl/α,β-unsaturated/α-hetero) is 4. The molecule has 4 rings (SSSR count). The van der Waals surface area contributed by atoms with Gasteiger partial charge in [-0.2, -0.15) is 0 Å². The van der Waals surface area contributed by atoms with Crippen molar-refractivity contribution in [3.8, 4) is 23.0 Å². The highest BCUT2D eigenvalue weighted by atomic mass is 79.9. The number of ketones is 4. The largest absolute Gasteiger partial charge is 0.508 e. The van der Waals surface area contributed by atoms with E-state index in [1.54, 1.807) is 24.3 Å². The third-order valence-corrected chi connectivity index (χ3v) is 17.3. The van der Waals surface area contributed by atoms with E-state index in [9.17, 15) is 19.2 Å². The number of benzene rings is 4. The summed E-state index contributed by atoms with van der Waals surface area (Å²) in [4.78, 5) is 49.9. The van der Waals surface area contributed by atoms with Crippen LogP contribution in [0.2, 0.25) is 0 Å². The first kappa shape index (κ1) is 76.3. The highest BCUT2D eigenvalue weighted by Gasteiger charge is 2.21. The highest BCUT2D eigenvalue weighted by molar-refractivity contribution is 9.09. The molecule has 0 fully saturated rings. The van der Waals surface area contributed by atoms with Crippen molar-refractivity contribution in [1.82, 2.24) is 0 Å². The SMILES string of the molecule is CCCCCCCCC(CBr)CCCCCC.CCCCCCCCC(CCCCCC)COc1ccc(C(=O)C(=O)c2ccc(OCC(CCCCCC)CCCCCCCC)cc2)cc1.O=C(C(=O)c1ccc(O)cc1)c1ccc(O)cc1. The molecule has 85 heavy (non-hydrogen) atoms. The number of unbranched alkanes of at least 4 members (excludes halogenated alkanes) is 24. The zero-order valence-electron chi connectivity index (χ0n) is 54.3. The summed E-state index contributed by atoms with van der Waals surface area (Å²) in [6, 6.07) is 25.1. The lowest BCUT2D eigenvalue weighted by molar-refractivity contribution is 0.0817. The molecular weight excluding hydrogens is 1120 g/mol. The van der Waals surface area contributed by atoms with E-state index in [4.69, 9.17) is 19.7 Å². The summed E-state index contributed by atoms with van der Waals surface area (Å²) in [5.41, 5.74) is 1.22. The zero-order valence-corrected chi connectivity index (χ0v) is 55.9. The van der Waals surface area contributed by atoms with Crippen molar-refractivity contribution >= 4 is 39.1 Å². The van der Waals surface area contributed by atoms with Crippen LogP contribution >= 0.6 is 15.9 Å². The van der Waals surface area contributed by atoms with Crippen LogP contribution < -0.4 is 9.47 Å². The Morgan fingerprint density at radius 1 is 0.306 bits per heavy atom. The Kier molecular flexibility index (Phi) is 46.1. The standard InChI is InChI=1S/C46H74O4.C16H33Br.C14H10O4/c1-5-9-13-17-19-23-27-39(25-21-15-11-7-3)37-49-43-33-29-41(30-34-43)45(47)46(48)42-31-35-44(36-32-42)50-38-40(26-22-16-12-8-4)28-24-20-18-14-10-6-2;1-3-5-7-9-10-12-14-16(15-17)13-11-8-6-4-2;15-11-5-1-9(2-6-11)13(17)14(18)10-3-7-12(16)8-4-10/h29-36,39-40H,5-28,37-38H2,1-4H3;16H,3-15H2,1-2H3;1-8,15-16H. The van der Waals surface area contributed by atoms with Crippen molar-refractivity contribution < 1.29 is 38.9 Å². The Morgan fingerprint density at radius 3 is 0.741 bits per heavy atom. The third kappa shape index (κ3) is 36.9. The van der Waals surface area contributed by atoms with Crippen LogP contribution in [-0.2, 0) is 0 Å². The van der Waals surface area contributed by atoms with Gasteiger partial charge < -0.3 is 19.7 Å². The Hall–Kier alpha value is -4.76. The van der Waals surface area contributed by atoms with Crippen LogP contribution in [0.1, 0.15) is 314 Å². The number of carbonyl (C=O) groups excluding carboxylic acids is 4. The minimum atomic E-state index is -0.652.